The fraction of sp³-hybridized carbons (Fsp3) is 0.429. The van der Waals surface area contributed by atoms with Crippen LogP contribution in [0.5, 0.6) is 5.75 Å². The van der Waals surface area contributed by atoms with Crippen molar-refractivity contribution >= 4 is 11.9 Å². The molecule has 0 aliphatic rings. The highest BCUT2D eigenvalue weighted by Gasteiger charge is 2.22. The average molecular weight is 283 g/mol. The van der Waals surface area contributed by atoms with Crippen LogP contribution in [0.1, 0.15) is 30.6 Å². The van der Waals surface area contributed by atoms with E-state index in [1.54, 1.807) is 13.8 Å². The van der Waals surface area contributed by atoms with Gasteiger partial charge in [0.15, 0.2) is 11.6 Å². The summed E-state index contributed by atoms with van der Waals surface area (Å²) in [6, 6.07) is 3.38. The number of amides is 1. The summed E-state index contributed by atoms with van der Waals surface area (Å²) in [6.45, 7) is 3.79. The molecule has 1 aromatic carbocycles. The molecule has 110 valence electrons. The Kier molecular flexibility index (Phi) is 5.49. The Morgan fingerprint density at radius 3 is 2.60 bits per heavy atom. The number of carboxylic acids is 1. The second-order valence-corrected chi connectivity index (χ2v) is 4.39. The lowest BCUT2D eigenvalue weighted by molar-refractivity contribution is -0.138. The van der Waals surface area contributed by atoms with E-state index < -0.39 is 17.8 Å². The minimum absolute atomic E-state index is 0.0159. The molecule has 0 fully saturated rings. The smallest absolute Gasteiger partial charge is 0.305 e. The molecular formula is C14H18FNO4. The van der Waals surface area contributed by atoms with E-state index in [2.05, 4.69) is 0 Å². The van der Waals surface area contributed by atoms with Gasteiger partial charge < -0.3 is 14.7 Å². The van der Waals surface area contributed by atoms with Gasteiger partial charge in [-0.05, 0) is 32.0 Å². The van der Waals surface area contributed by atoms with Gasteiger partial charge in [-0.15, -0.1) is 0 Å². The molecule has 0 radical (unpaired) electrons. The Bertz CT molecular complexity index is 504. The van der Waals surface area contributed by atoms with Gasteiger partial charge in [0, 0.05) is 18.2 Å². The molecule has 1 unspecified atom stereocenters. The number of ether oxygens (including phenoxy) is 1. The number of nitrogens with zero attached hydrogens (tertiary/aromatic N) is 1. The van der Waals surface area contributed by atoms with Crippen molar-refractivity contribution in [2.24, 2.45) is 0 Å². The number of carboxylic acid groups (broad SMARTS) is 1. The largest absolute Gasteiger partial charge is 0.494 e. The summed E-state index contributed by atoms with van der Waals surface area (Å²) in [4.78, 5) is 24.5. The maximum Gasteiger partial charge on any atom is 0.305 e. The van der Waals surface area contributed by atoms with Gasteiger partial charge in [0.05, 0.1) is 13.5 Å². The number of halogens is 1. The van der Waals surface area contributed by atoms with E-state index >= 15 is 0 Å². The van der Waals surface area contributed by atoms with Crippen LogP contribution in [-0.4, -0.2) is 41.6 Å². The summed E-state index contributed by atoms with van der Waals surface area (Å²) in [5, 5.41) is 8.79. The van der Waals surface area contributed by atoms with Crippen LogP contribution in [0, 0.1) is 5.82 Å². The van der Waals surface area contributed by atoms with E-state index in [9.17, 15) is 14.0 Å². The number of hydrogen-bond acceptors (Lipinski definition) is 3. The van der Waals surface area contributed by atoms with Crippen molar-refractivity contribution < 1.29 is 23.8 Å². The number of carbonyl (C=O) groups is 2. The Labute approximate surface area is 117 Å². The summed E-state index contributed by atoms with van der Waals surface area (Å²) in [7, 11) is 1.32. The average Bonchev–Trinajstić information content (AvgIpc) is 2.39. The molecule has 1 rings (SSSR count). The highest BCUT2D eigenvalue weighted by molar-refractivity contribution is 5.95. The molecule has 0 bridgehead atoms. The van der Waals surface area contributed by atoms with Gasteiger partial charge in [-0.1, -0.05) is 0 Å². The van der Waals surface area contributed by atoms with Gasteiger partial charge >= 0.3 is 5.97 Å². The zero-order chi connectivity index (χ0) is 15.3. The van der Waals surface area contributed by atoms with Gasteiger partial charge in [-0.25, -0.2) is 4.39 Å². The lowest BCUT2D eigenvalue weighted by Crippen LogP contribution is -2.39. The predicted molar refractivity (Wildman–Crippen MR) is 71.4 cm³/mol. The first-order chi connectivity index (χ1) is 9.40. The topological polar surface area (TPSA) is 66.8 Å². The van der Waals surface area contributed by atoms with Gasteiger partial charge in [0.1, 0.15) is 0 Å². The van der Waals surface area contributed by atoms with Gasteiger partial charge in [0.25, 0.3) is 5.91 Å². The van der Waals surface area contributed by atoms with E-state index in [1.807, 2.05) is 0 Å². The molecule has 20 heavy (non-hydrogen) atoms. The van der Waals surface area contributed by atoms with E-state index in [0.717, 1.165) is 6.07 Å². The Hall–Kier alpha value is -2.11. The lowest BCUT2D eigenvalue weighted by Gasteiger charge is -2.27. The minimum atomic E-state index is -0.972. The zero-order valence-electron chi connectivity index (χ0n) is 11.7. The number of methoxy groups -OCH3 is 1. The first kappa shape index (κ1) is 15.9. The SMILES string of the molecule is CCN(C(=O)c1ccc(F)c(OC)c1)C(C)CC(=O)O. The van der Waals surface area contributed by atoms with Gasteiger partial charge in [-0.2, -0.15) is 0 Å². The molecule has 1 N–H and O–H groups in total. The van der Waals surface area contributed by atoms with Crippen LogP contribution in [0.4, 0.5) is 4.39 Å². The van der Waals surface area contributed by atoms with Crippen molar-refractivity contribution in [2.75, 3.05) is 13.7 Å². The molecular weight excluding hydrogens is 265 g/mol. The highest BCUT2D eigenvalue weighted by atomic mass is 19.1. The number of carbonyl (C=O) groups excluding carboxylic acids is 1. The normalized spacial score (nSPS) is 11.8. The van der Waals surface area contributed by atoms with Crippen molar-refractivity contribution in [2.45, 2.75) is 26.3 Å². The monoisotopic (exact) mass is 283 g/mol. The first-order valence-corrected chi connectivity index (χ1v) is 6.27. The first-order valence-electron chi connectivity index (χ1n) is 6.27. The summed E-state index contributed by atoms with van der Waals surface area (Å²) in [6.07, 6.45) is -0.141. The van der Waals surface area contributed by atoms with Crippen molar-refractivity contribution in [1.29, 1.82) is 0 Å². The quantitative estimate of drug-likeness (QED) is 0.868. The number of benzene rings is 1. The summed E-state index contributed by atoms with van der Waals surface area (Å²) < 4.78 is 18.2. The molecule has 5 nitrogen and oxygen atoms in total. The molecule has 6 heteroatoms. The summed E-state index contributed by atoms with van der Waals surface area (Å²) >= 11 is 0. The fourth-order valence-corrected chi connectivity index (χ4v) is 1.98. The molecule has 1 amide bonds. The van der Waals surface area contributed by atoms with Crippen molar-refractivity contribution in [1.82, 2.24) is 4.90 Å². The van der Waals surface area contributed by atoms with Gasteiger partial charge in [-0.3, -0.25) is 9.59 Å². The molecule has 0 saturated heterocycles. The minimum Gasteiger partial charge on any atom is -0.494 e. The van der Waals surface area contributed by atoms with Crippen LogP contribution >= 0.6 is 0 Å². The maximum absolute atomic E-state index is 13.3. The number of hydrogen-bond donors (Lipinski definition) is 1. The third-order valence-corrected chi connectivity index (χ3v) is 3.00. The molecule has 0 heterocycles. The summed E-state index contributed by atoms with van der Waals surface area (Å²) in [5.41, 5.74) is 0.266. The van der Waals surface area contributed by atoms with Gasteiger partial charge in [0.2, 0.25) is 0 Å². The van der Waals surface area contributed by atoms with Crippen LogP contribution in [0.2, 0.25) is 0 Å². The predicted octanol–water partition coefficient (Wildman–Crippen LogP) is 2.16. The molecule has 0 aromatic heterocycles. The number of aliphatic carboxylic acids is 1. The number of rotatable bonds is 6. The van der Waals surface area contributed by atoms with Crippen molar-refractivity contribution in [3.05, 3.63) is 29.6 Å². The second-order valence-electron chi connectivity index (χ2n) is 4.39. The summed E-state index contributed by atoms with van der Waals surface area (Å²) in [5.74, 6) is -1.89. The molecule has 0 saturated carbocycles. The molecule has 0 spiro atoms. The molecule has 0 aliphatic carbocycles. The van der Waals surface area contributed by atoms with E-state index in [-0.39, 0.29) is 23.6 Å². The maximum atomic E-state index is 13.3. The van der Waals surface area contributed by atoms with E-state index in [4.69, 9.17) is 9.84 Å². The van der Waals surface area contributed by atoms with Crippen molar-refractivity contribution in [3.63, 3.8) is 0 Å². The highest BCUT2D eigenvalue weighted by Crippen LogP contribution is 2.20. The van der Waals surface area contributed by atoms with Crippen LogP contribution in [-0.2, 0) is 4.79 Å². The van der Waals surface area contributed by atoms with Crippen LogP contribution in [0.15, 0.2) is 18.2 Å². The van der Waals surface area contributed by atoms with E-state index in [1.165, 1.54) is 24.1 Å². The Morgan fingerprint density at radius 2 is 2.10 bits per heavy atom. The third kappa shape index (κ3) is 3.69. The standard InChI is InChI=1S/C14H18FNO4/c1-4-16(9(2)7-13(17)18)14(19)10-5-6-11(15)12(8-10)20-3/h5-6,8-9H,4,7H2,1-3H3,(H,17,18). The van der Waals surface area contributed by atoms with Crippen LogP contribution in [0.3, 0.4) is 0 Å². The van der Waals surface area contributed by atoms with Crippen LogP contribution < -0.4 is 4.74 Å². The Morgan fingerprint density at radius 1 is 1.45 bits per heavy atom. The lowest BCUT2D eigenvalue weighted by atomic mass is 10.1. The third-order valence-electron chi connectivity index (χ3n) is 3.00. The molecule has 0 aliphatic heterocycles. The van der Waals surface area contributed by atoms with Crippen LogP contribution in [0.25, 0.3) is 0 Å². The zero-order valence-corrected chi connectivity index (χ0v) is 11.7. The Balaban J connectivity index is 2.99. The van der Waals surface area contributed by atoms with E-state index in [0.29, 0.717) is 6.54 Å². The molecule has 1 aromatic rings. The second kappa shape index (κ2) is 6.88. The fourth-order valence-electron chi connectivity index (χ4n) is 1.98. The molecule has 1 atom stereocenters. The van der Waals surface area contributed by atoms with Crippen molar-refractivity contribution in [3.8, 4) is 5.75 Å².